The van der Waals surface area contributed by atoms with Gasteiger partial charge < -0.3 is 0 Å². The molecule has 0 N–H and O–H groups in total. The highest BCUT2D eigenvalue weighted by atomic mass is 35.5. The van der Waals surface area contributed by atoms with Gasteiger partial charge in [0.1, 0.15) is 4.49 Å². The summed E-state index contributed by atoms with van der Waals surface area (Å²) >= 11 is 11.7. The molecular formula is C20H22Cl2N2O2S. The van der Waals surface area contributed by atoms with Crippen LogP contribution in [0, 0.1) is 30.6 Å². The minimum Gasteiger partial charge on any atom is -0.221 e. The fraction of sp³-hybridized carbons (Fsp3) is 0.550. The molecule has 4 aliphatic rings. The highest BCUT2D eigenvalue weighted by Crippen LogP contribution is 2.54. The molecule has 4 aliphatic carbocycles. The zero-order valence-electron chi connectivity index (χ0n) is 15.1. The third kappa shape index (κ3) is 3.75. The van der Waals surface area contributed by atoms with Crippen molar-refractivity contribution in [1.82, 2.24) is 0 Å². The number of nitrogens with zero attached hydrogens (tertiary/aromatic N) is 2. The van der Waals surface area contributed by atoms with E-state index in [9.17, 15) is 8.42 Å². The Morgan fingerprint density at radius 1 is 1.00 bits per heavy atom. The second kappa shape index (κ2) is 7.36. The molecule has 0 aromatic heterocycles. The molecule has 4 bridgehead atoms. The first-order chi connectivity index (χ1) is 12.8. The van der Waals surface area contributed by atoms with Crippen molar-refractivity contribution < 1.29 is 8.42 Å². The van der Waals surface area contributed by atoms with Crippen molar-refractivity contribution in [3.63, 3.8) is 0 Å². The summed E-state index contributed by atoms with van der Waals surface area (Å²) in [6.07, 6.45) is 6.28. The molecule has 5 rings (SSSR count). The van der Waals surface area contributed by atoms with Gasteiger partial charge in [-0.05, 0) is 74.8 Å². The molecule has 7 heteroatoms. The summed E-state index contributed by atoms with van der Waals surface area (Å²) in [5.41, 5.74) is 0.961. The lowest BCUT2D eigenvalue weighted by atomic mass is 9.54. The standard InChI is InChI=1S/C20H22Cl2N2O2S/c1-12-2-4-17(5-3-12)27(25,26)20(19(21)22)24-11-23-18-15-7-13-6-14(9-15)10-16(18)8-13/h2-5,13-16,18H,6-10H2,1H3. The van der Waals surface area contributed by atoms with Gasteiger partial charge in [0.25, 0.3) is 0 Å². The summed E-state index contributed by atoms with van der Waals surface area (Å²) in [6.45, 7) is 1.89. The van der Waals surface area contributed by atoms with Gasteiger partial charge in [0.2, 0.25) is 14.9 Å². The van der Waals surface area contributed by atoms with E-state index < -0.39 is 19.4 Å². The lowest BCUT2D eigenvalue weighted by molar-refractivity contribution is 0.00150. The van der Waals surface area contributed by atoms with Gasteiger partial charge in [-0.3, -0.25) is 0 Å². The fourth-order valence-electron chi connectivity index (χ4n) is 5.28. The zero-order valence-corrected chi connectivity index (χ0v) is 17.4. The minimum atomic E-state index is -3.91. The Bertz CT molecular complexity index is 899. The predicted octanol–water partition coefficient (Wildman–Crippen LogP) is 5.37. The van der Waals surface area contributed by atoms with Gasteiger partial charge in [0.15, 0.2) is 0 Å². The highest BCUT2D eigenvalue weighted by molar-refractivity contribution is 7.95. The molecule has 4 nitrogen and oxygen atoms in total. The number of benzene rings is 1. The Balaban J connectivity index is 1.60. The van der Waals surface area contributed by atoms with E-state index >= 15 is 0 Å². The molecular weight excluding hydrogens is 403 g/mol. The molecule has 0 atom stereocenters. The van der Waals surface area contributed by atoms with Crippen LogP contribution in [0.5, 0.6) is 0 Å². The first-order valence-corrected chi connectivity index (χ1v) is 11.6. The van der Waals surface area contributed by atoms with E-state index in [2.05, 4.69) is 16.0 Å². The van der Waals surface area contributed by atoms with Crippen LogP contribution in [0.1, 0.15) is 37.7 Å². The average Bonchev–Trinajstić information content (AvgIpc) is 2.59. The number of rotatable bonds is 4. The van der Waals surface area contributed by atoms with Gasteiger partial charge in [-0.1, -0.05) is 40.9 Å². The summed E-state index contributed by atoms with van der Waals surface area (Å²) in [6, 6.07) is 9.30. The Morgan fingerprint density at radius 2 is 1.56 bits per heavy atom. The molecule has 0 heterocycles. The van der Waals surface area contributed by atoms with E-state index in [-0.39, 0.29) is 10.9 Å². The number of halogens is 2. The van der Waals surface area contributed by atoms with Crippen LogP contribution >= 0.6 is 23.2 Å². The van der Waals surface area contributed by atoms with Gasteiger partial charge in [-0.15, -0.1) is 0 Å². The van der Waals surface area contributed by atoms with Crippen LogP contribution in [0.25, 0.3) is 0 Å². The van der Waals surface area contributed by atoms with E-state index in [0.29, 0.717) is 11.8 Å². The number of aryl methyl sites for hydroxylation is 1. The first kappa shape index (κ1) is 19.2. The first-order valence-electron chi connectivity index (χ1n) is 9.37. The van der Waals surface area contributed by atoms with Crippen molar-refractivity contribution in [2.75, 3.05) is 0 Å². The number of aliphatic imine (C=N–C) groups is 2. The predicted molar refractivity (Wildman–Crippen MR) is 108 cm³/mol. The van der Waals surface area contributed by atoms with Crippen LogP contribution in [0.2, 0.25) is 0 Å². The van der Waals surface area contributed by atoms with Crippen molar-refractivity contribution in [2.45, 2.75) is 50.0 Å². The van der Waals surface area contributed by atoms with Crippen molar-refractivity contribution in [1.29, 1.82) is 0 Å². The van der Waals surface area contributed by atoms with E-state index in [4.69, 9.17) is 23.2 Å². The summed E-state index contributed by atoms with van der Waals surface area (Å²) in [4.78, 5) is 8.59. The smallest absolute Gasteiger partial charge is 0.221 e. The SMILES string of the molecule is Cc1ccc(S(=O)(=O)C(N=C=NC2C3CC4CC(C3)CC2C4)=C(Cl)Cl)cc1. The molecule has 0 aliphatic heterocycles. The summed E-state index contributed by atoms with van der Waals surface area (Å²) in [7, 11) is -3.91. The minimum absolute atomic E-state index is 0.0991. The summed E-state index contributed by atoms with van der Waals surface area (Å²) in [5, 5.41) is -0.401. The van der Waals surface area contributed by atoms with Gasteiger partial charge in [0, 0.05) is 0 Å². The van der Waals surface area contributed by atoms with Crippen LogP contribution in [-0.4, -0.2) is 20.5 Å². The molecule has 0 saturated heterocycles. The largest absolute Gasteiger partial charge is 0.227 e. The highest BCUT2D eigenvalue weighted by Gasteiger charge is 2.48. The molecule has 0 spiro atoms. The van der Waals surface area contributed by atoms with Crippen molar-refractivity contribution in [3.05, 3.63) is 39.3 Å². The quantitative estimate of drug-likeness (QED) is 0.609. The Labute approximate surface area is 170 Å². The summed E-state index contributed by atoms with van der Waals surface area (Å²) < 4.78 is 25.2. The molecule has 1 aromatic carbocycles. The van der Waals surface area contributed by atoms with Crippen LogP contribution in [0.3, 0.4) is 0 Å². The van der Waals surface area contributed by atoms with E-state index in [1.807, 2.05) is 6.92 Å². The van der Waals surface area contributed by atoms with E-state index in [1.54, 1.807) is 12.1 Å². The van der Waals surface area contributed by atoms with Gasteiger partial charge in [-0.2, -0.15) is 4.99 Å². The normalized spacial score (nSPS) is 31.3. The molecule has 0 radical (unpaired) electrons. The van der Waals surface area contributed by atoms with Crippen molar-refractivity contribution >= 4 is 39.0 Å². The van der Waals surface area contributed by atoms with Crippen LogP contribution in [0.4, 0.5) is 0 Å². The van der Waals surface area contributed by atoms with Gasteiger partial charge >= 0.3 is 0 Å². The number of hydrogen-bond donors (Lipinski definition) is 0. The van der Waals surface area contributed by atoms with Crippen LogP contribution in [0.15, 0.2) is 48.7 Å². The lowest BCUT2D eigenvalue weighted by Crippen LogP contribution is -2.47. The third-order valence-electron chi connectivity index (χ3n) is 6.28. The Hall–Kier alpha value is -1.13. The molecule has 27 heavy (non-hydrogen) atoms. The maximum Gasteiger partial charge on any atom is 0.227 e. The topological polar surface area (TPSA) is 58.9 Å². The maximum absolute atomic E-state index is 12.8. The number of sulfone groups is 1. The molecule has 144 valence electrons. The molecule has 0 amide bonds. The molecule has 4 fully saturated rings. The van der Waals surface area contributed by atoms with Crippen LogP contribution < -0.4 is 0 Å². The third-order valence-corrected chi connectivity index (χ3v) is 8.56. The van der Waals surface area contributed by atoms with Crippen molar-refractivity contribution in [2.24, 2.45) is 33.7 Å². The van der Waals surface area contributed by atoms with E-state index in [0.717, 1.165) is 17.4 Å². The monoisotopic (exact) mass is 424 g/mol. The Morgan fingerprint density at radius 3 is 2.07 bits per heavy atom. The molecule has 1 aromatic rings. The van der Waals surface area contributed by atoms with Crippen LogP contribution in [-0.2, 0) is 9.84 Å². The second-order valence-electron chi connectivity index (χ2n) is 8.14. The molecule has 0 unspecified atom stereocenters. The molecule has 4 saturated carbocycles. The zero-order chi connectivity index (χ0) is 19.2. The number of hydrogen-bond acceptors (Lipinski definition) is 4. The van der Waals surface area contributed by atoms with Gasteiger partial charge in [-0.25, -0.2) is 13.4 Å². The maximum atomic E-state index is 12.8. The van der Waals surface area contributed by atoms with E-state index in [1.165, 1.54) is 44.2 Å². The Kier molecular flexibility index (Phi) is 5.24. The van der Waals surface area contributed by atoms with Gasteiger partial charge in [0.05, 0.1) is 16.9 Å². The second-order valence-corrected chi connectivity index (χ2v) is 11.0. The summed E-state index contributed by atoms with van der Waals surface area (Å²) in [5.74, 6) is 2.87. The lowest BCUT2D eigenvalue weighted by Gasteiger charge is -2.52. The fourth-order valence-corrected chi connectivity index (χ4v) is 7.06. The van der Waals surface area contributed by atoms with Crippen molar-refractivity contribution in [3.8, 4) is 0 Å². The average molecular weight is 425 g/mol.